The van der Waals surface area contributed by atoms with Gasteiger partial charge in [0.2, 0.25) is 0 Å². The van der Waals surface area contributed by atoms with Crippen LogP contribution in [0.15, 0.2) is 36.7 Å². The monoisotopic (exact) mass is 227 g/mol. The molecule has 0 aliphatic carbocycles. The molecular formula is C14H17N3. The highest BCUT2D eigenvalue weighted by Crippen LogP contribution is 2.17. The molecule has 0 aromatic carbocycles. The van der Waals surface area contributed by atoms with E-state index in [2.05, 4.69) is 9.97 Å². The van der Waals surface area contributed by atoms with Crippen LogP contribution in [-0.4, -0.2) is 9.97 Å². The van der Waals surface area contributed by atoms with Gasteiger partial charge in [-0.05, 0) is 49.6 Å². The zero-order chi connectivity index (χ0) is 12.3. The highest BCUT2D eigenvalue weighted by molar-refractivity contribution is 5.25. The van der Waals surface area contributed by atoms with Gasteiger partial charge in [-0.3, -0.25) is 9.97 Å². The molecule has 3 heteroatoms. The molecule has 17 heavy (non-hydrogen) atoms. The number of pyridine rings is 2. The Labute approximate surface area is 102 Å². The lowest BCUT2D eigenvalue weighted by Crippen LogP contribution is -2.14. The number of nitrogens with two attached hydrogens (primary N) is 1. The topological polar surface area (TPSA) is 51.8 Å². The second-order valence-electron chi connectivity index (χ2n) is 4.36. The molecule has 3 nitrogen and oxygen atoms in total. The van der Waals surface area contributed by atoms with Gasteiger partial charge in [0.25, 0.3) is 0 Å². The highest BCUT2D eigenvalue weighted by Gasteiger charge is 2.08. The molecular weight excluding hydrogens is 210 g/mol. The van der Waals surface area contributed by atoms with E-state index in [0.29, 0.717) is 0 Å². The molecule has 0 saturated carbocycles. The Kier molecular flexibility index (Phi) is 3.49. The number of hydrogen-bond acceptors (Lipinski definition) is 3. The summed E-state index contributed by atoms with van der Waals surface area (Å²) in [6, 6.07) is 8.08. The fourth-order valence-electron chi connectivity index (χ4n) is 1.97. The van der Waals surface area contributed by atoms with Gasteiger partial charge < -0.3 is 5.73 Å². The predicted octanol–water partition coefficient (Wildman–Crippen LogP) is 2.34. The van der Waals surface area contributed by atoms with Crippen LogP contribution in [0.25, 0.3) is 0 Å². The maximum absolute atomic E-state index is 6.21. The minimum Gasteiger partial charge on any atom is -0.324 e. The van der Waals surface area contributed by atoms with Gasteiger partial charge in [0.15, 0.2) is 0 Å². The summed E-state index contributed by atoms with van der Waals surface area (Å²) < 4.78 is 0. The van der Waals surface area contributed by atoms with Gasteiger partial charge in [0.1, 0.15) is 0 Å². The van der Waals surface area contributed by atoms with Crippen LogP contribution >= 0.6 is 0 Å². The number of hydrogen-bond donors (Lipinski definition) is 1. The maximum atomic E-state index is 6.21. The molecule has 2 aromatic heterocycles. The largest absolute Gasteiger partial charge is 0.324 e. The number of rotatable bonds is 3. The first kappa shape index (κ1) is 11.7. The van der Waals surface area contributed by atoms with Gasteiger partial charge in [0.05, 0.1) is 0 Å². The summed E-state index contributed by atoms with van der Waals surface area (Å²) in [6.45, 7) is 3.99. The van der Waals surface area contributed by atoms with Crippen molar-refractivity contribution in [1.82, 2.24) is 9.97 Å². The summed E-state index contributed by atoms with van der Waals surface area (Å²) in [6.07, 6.45) is 4.44. The van der Waals surface area contributed by atoms with Crippen LogP contribution in [0.1, 0.15) is 28.6 Å². The van der Waals surface area contributed by atoms with Gasteiger partial charge >= 0.3 is 0 Å². The molecule has 0 radical (unpaired) electrons. The van der Waals surface area contributed by atoms with Crippen molar-refractivity contribution in [1.29, 1.82) is 0 Å². The molecule has 0 spiro atoms. The van der Waals surface area contributed by atoms with E-state index in [1.807, 2.05) is 44.3 Å². The van der Waals surface area contributed by atoms with Crippen LogP contribution < -0.4 is 5.73 Å². The molecule has 0 aliphatic heterocycles. The molecule has 0 aliphatic rings. The molecule has 2 N–H and O–H groups in total. The Bertz CT molecular complexity index is 474. The minimum atomic E-state index is -0.000370. The molecule has 0 saturated heterocycles. The second-order valence-corrected chi connectivity index (χ2v) is 4.36. The van der Waals surface area contributed by atoms with Gasteiger partial charge in [-0.2, -0.15) is 0 Å². The van der Waals surface area contributed by atoms with Crippen LogP contribution in [0, 0.1) is 13.8 Å². The summed E-state index contributed by atoms with van der Waals surface area (Å²) in [4.78, 5) is 8.45. The van der Waals surface area contributed by atoms with E-state index in [-0.39, 0.29) is 6.04 Å². The second kappa shape index (κ2) is 5.06. The third-order valence-corrected chi connectivity index (χ3v) is 2.71. The number of nitrogens with zero attached hydrogens (tertiary/aromatic N) is 2. The van der Waals surface area contributed by atoms with E-state index < -0.39 is 0 Å². The quantitative estimate of drug-likeness (QED) is 0.875. The van der Waals surface area contributed by atoms with Crippen molar-refractivity contribution in [3.8, 4) is 0 Å². The Balaban J connectivity index is 2.17. The summed E-state index contributed by atoms with van der Waals surface area (Å²) in [7, 11) is 0. The first-order valence-corrected chi connectivity index (χ1v) is 5.75. The van der Waals surface area contributed by atoms with Crippen molar-refractivity contribution in [3.63, 3.8) is 0 Å². The first-order valence-electron chi connectivity index (χ1n) is 5.75. The lowest BCUT2D eigenvalue weighted by Gasteiger charge is -2.13. The molecule has 1 atom stereocenters. The maximum Gasteiger partial charge on any atom is 0.0379 e. The van der Waals surface area contributed by atoms with Crippen molar-refractivity contribution in [2.75, 3.05) is 0 Å². The summed E-state index contributed by atoms with van der Waals surface area (Å²) >= 11 is 0. The van der Waals surface area contributed by atoms with E-state index in [0.717, 1.165) is 28.9 Å². The van der Waals surface area contributed by atoms with Crippen molar-refractivity contribution in [2.45, 2.75) is 26.3 Å². The predicted molar refractivity (Wildman–Crippen MR) is 68.6 cm³/mol. The van der Waals surface area contributed by atoms with Gasteiger partial charge in [-0.25, -0.2) is 0 Å². The smallest absolute Gasteiger partial charge is 0.0379 e. The Morgan fingerprint density at radius 1 is 1.24 bits per heavy atom. The van der Waals surface area contributed by atoms with Crippen molar-refractivity contribution in [3.05, 3.63) is 59.2 Å². The van der Waals surface area contributed by atoms with Crippen LogP contribution in [0.4, 0.5) is 0 Å². The fraction of sp³-hybridized carbons (Fsp3) is 0.286. The molecule has 2 aromatic rings. The average molecular weight is 227 g/mol. The highest BCUT2D eigenvalue weighted by atomic mass is 14.7. The first-order chi connectivity index (χ1) is 8.15. The third kappa shape index (κ3) is 3.11. The van der Waals surface area contributed by atoms with Gasteiger partial charge in [0, 0.05) is 29.8 Å². The van der Waals surface area contributed by atoms with Crippen molar-refractivity contribution >= 4 is 0 Å². The van der Waals surface area contributed by atoms with Crippen molar-refractivity contribution in [2.24, 2.45) is 5.73 Å². The molecule has 0 fully saturated rings. The van der Waals surface area contributed by atoms with Crippen molar-refractivity contribution < 1.29 is 0 Å². The van der Waals surface area contributed by atoms with Gasteiger partial charge in [-0.1, -0.05) is 6.07 Å². The van der Waals surface area contributed by atoms with E-state index >= 15 is 0 Å². The van der Waals surface area contributed by atoms with E-state index in [9.17, 15) is 0 Å². The Hall–Kier alpha value is -1.74. The van der Waals surface area contributed by atoms with E-state index in [1.165, 1.54) is 0 Å². The normalized spacial score (nSPS) is 12.4. The fourth-order valence-corrected chi connectivity index (χ4v) is 1.97. The molecule has 2 rings (SSSR count). The lowest BCUT2D eigenvalue weighted by molar-refractivity contribution is 0.715. The summed E-state index contributed by atoms with van der Waals surface area (Å²) in [5, 5.41) is 0. The molecule has 0 amide bonds. The molecule has 0 bridgehead atoms. The molecule has 2 heterocycles. The minimum absolute atomic E-state index is 0.000370. The van der Waals surface area contributed by atoms with Crippen LogP contribution in [0.5, 0.6) is 0 Å². The van der Waals surface area contributed by atoms with E-state index in [4.69, 9.17) is 5.73 Å². The summed E-state index contributed by atoms with van der Waals surface area (Å²) in [5.74, 6) is 0. The average Bonchev–Trinajstić information content (AvgIpc) is 2.29. The van der Waals surface area contributed by atoms with Crippen LogP contribution in [0.3, 0.4) is 0 Å². The Morgan fingerprint density at radius 2 is 1.94 bits per heavy atom. The standard InChI is InChI=1S/C14H17N3/c1-10-6-13(7-11(2)17-10)14(15)8-12-4-3-5-16-9-12/h3-7,9,14H,8,15H2,1-2H3. The molecule has 88 valence electrons. The van der Waals surface area contributed by atoms with E-state index in [1.54, 1.807) is 6.20 Å². The Morgan fingerprint density at radius 3 is 2.53 bits per heavy atom. The zero-order valence-electron chi connectivity index (χ0n) is 10.2. The van der Waals surface area contributed by atoms with Crippen LogP contribution in [0.2, 0.25) is 0 Å². The van der Waals surface area contributed by atoms with Crippen LogP contribution in [-0.2, 0) is 6.42 Å². The number of aryl methyl sites for hydroxylation is 2. The SMILES string of the molecule is Cc1cc(C(N)Cc2cccnc2)cc(C)n1. The molecule has 1 unspecified atom stereocenters. The third-order valence-electron chi connectivity index (χ3n) is 2.71. The number of aromatic nitrogens is 2. The lowest BCUT2D eigenvalue weighted by atomic mass is 10.0. The zero-order valence-corrected chi connectivity index (χ0v) is 10.2. The van der Waals surface area contributed by atoms with Gasteiger partial charge in [-0.15, -0.1) is 0 Å². The summed E-state index contributed by atoms with van der Waals surface area (Å²) in [5.41, 5.74) is 10.5.